The van der Waals surface area contributed by atoms with Crippen molar-refractivity contribution in [2.75, 3.05) is 6.54 Å². The first kappa shape index (κ1) is 10.9. The van der Waals surface area contributed by atoms with Crippen LogP contribution < -0.4 is 5.73 Å². The predicted octanol–water partition coefficient (Wildman–Crippen LogP) is 2.71. The first-order valence-corrected chi connectivity index (χ1v) is 6.33. The van der Waals surface area contributed by atoms with E-state index in [1.165, 1.54) is 10.4 Å². The lowest BCUT2D eigenvalue weighted by Gasteiger charge is -1.99. The monoisotopic (exact) mass is 285 g/mol. The summed E-state index contributed by atoms with van der Waals surface area (Å²) in [6.07, 6.45) is 0.868. The Bertz CT molecular complexity index is 461. The van der Waals surface area contributed by atoms with Crippen LogP contribution in [0.3, 0.4) is 0 Å². The van der Waals surface area contributed by atoms with Gasteiger partial charge in [-0.3, -0.25) is 5.10 Å². The van der Waals surface area contributed by atoms with E-state index in [2.05, 4.69) is 32.2 Å². The van der Waals surface area contributed by atoms with E-state index in [9.17, 15) is 0 Å². The molecule has 0 aromatic carbocycles. The highest BCUT2D eigenvalue weighted by molar-refractivity contribution is 9.11. The lowest BCUT2D eigenvalue weighted by atomic mass is 10.1. The van der Waals surface area contributed by atoms with Crippen LogP contribution in [0.1, 0.15) is 11.3 Å². The molecule has 2 aromatic rings. The van der Waals surface area contributed by atoms with Crippen LogP contribution in [-0.4, -0.2) is 16.7 Å². The summed E-state index contributed by atoms with van der Waals surface area (Å²) in [6, 6.07) is 4.11. The normalized spacial score (nSPS) is 10.9. The summed E-state index contributed by atoms with van der Waals surface area (Å²) in [6.45, 7) is 2.68. The zero-order chi connectivity index (χ0) is 10.8. The second-order valence-corrected chi connectivity index (χ2v) is 5.78. The zero-order valence-electron chi connectivity index (χ0n) is 8.38. The van der Waals surface area contributed by atoms with Gasteiger partial charge in [0.15, 0.2) is 0 Å². The summed E-state index contributed by atoms with van der Waals surface area (Å²) in [7, 11) is 0. The standard InChI is InChI=1S/C10H12BrN3S/c1-6-7(4-5-12)10(14-13-6)8-2-3-9(11)15-8/h2-3H,4-5,12H2,1H3,(H,13,14). The summed E-state index contributed by atoms with van der Waals surface area (Å²) < 4.78 is 1.12. The smallest absolute Gasteiger partial charge is 0.106 e. The Balaban J connectivity index is 2.43. The van der Waals surface area contributed by atoms with Crippen molar-refractivity contribution in [2.24, 2.45) is 5.73 Å². The molecule has 2 rings (SSSR count). The van der Waals surface area contributed by atoms with E-state index >= 15 is 0 Å². The number of hydrogen-bond donors (Lipinski definition) is 2. The number of hydrogen-bond acceptors (Lipinski definition) is 3. The molecule has 80 valence electrons. The van der Waals surface area contributed by atoms with Gasteiger partial charge in [-0.15, -0.1) is 11.3 Å². The van der Waals surface area contributed by atoms with Crippen molar-refractivity contribution in [1.82, 2.24) is 10.2 Å². The first-order chi connectivity index (χ1) is 7.22. The van der Waals surface area contributed by atoms with Crippen LogP contribution in [0, 0.1) is 6.92 Å². The van der Waals surface area contributed by atoms with Crippen molar-refractivity contribution in [1.29, 1.82) is 0 Å². The van der Waals surface area contributed by atoms with Gasteiger partial charge in [0.25, 0.3) is 0 Å². The van der Waals surface area contributed by atoms with Crippen LogP contribution in [0.2, 0.25) is 0 Å². The molecule has 0 atom stereocenters. The van der Waals surface area contributed by atoms with E-state index in [0.717, 1.165) is 21.6 Å². The molecule has 0 amide bonds. The van der Waals surface area contributed by atoms with Gasteiger partial charge in [0, 0.05) is 11.3 Å². The maximum atomic E-state index is 5.59. The minimum Gasteiger partial charge on any atom is -0.330 e. The number of thiophene rings is 1. The highest BCUT2D eigenvalue weighted by atomic mass is 79.9. The Hall–Kier alpha value is -0.650. The Morgan fingerprint density at radius 2 is 2.33 bits per heavy atom. The minimum absolute atomic E-state index is 0.653. The van der Waals surface area contributed by atoms with Gasteiger partial charge in [-0.05, 0) is 48.0 Å². The fourth-order valence-corrected chi connectivity index (χ4v) is 2.95. The summed E-state index contributed by atoms with van der Waals surface area (Å²) in [5, 5.41) is 7.34. The minimum atomic E-state index is 0.653. The number of aromatic nitrogens is 2. The number of aromatic amines is 1. The molecule has 0 unspecified atom stereocenters. The van der Waals surface area contributed by atoms with Crippen LogP contribution in [0.4, 0.5) is 0 Å². The Kier molecular flexibility index (Phi) is 3.23. The van der Waals surface area contributed by atoms with Crippen molar-refractivity contribution in [2.45, 2.75) is 13.3 Å². The number of H-pyrrole nitrogens is 1. The Labute approximate surface area is 101 Å². The van der Waals surface area contributed by atoms with Gasteiger partial charge in [-0.1, -0.05) is 0 Å². The van der Waals surface area contributed by atoms with Gasteiger partial charge < -0.3 is 5.73 Å². The van der Waals surface area contributed by atoms with Gasteiger partial charge in [0.2, 0.25) is 0 Å². The molecule has 2 heterocycles. The molecule has 0 radical (unpaired) electrons. The molecule has 0 aliphatic heterocycles. The largest absolute Gasteiger partial charge is 0.330 e. The number of aryl methyl sites for hydroxylation is 1. The van der Waals surface area contributed by atoms with Crippen LogP contribution in [0.5, 0.6) is 0 Å². The highest BCUT2D eigenvalue weighted by Gasteiger charge is 2.12. The molecule has 15 heavy (non-hydrogen) atoms. The SMILES string of the molecule is Cc1[nH]nc(-c2ccc(Br)s2)c1CCN. The highest BCUT2D eigenvalue weighted by Crippen LogP contribution is 2.32. The van der Waals surface area contributed by atoms with Crippen molar-refractivity contribution in [3.63, 3.8) is 0 Å². The average molecular weight is 286 g/mol. The van der Waals surface area contributed by atoms with Crippen molar-refractivity contribution in [3.05, 3.63) is 27.2 Å². The number of halogens is 1. The predicted molar refractivity (Wildman–Crippen MR) is 67.1 cm³/mol. The Morgan fingerprint density at radius 1 is 1.53 bits per heavy atom. The zero-order valence-corrected chi connectivity index (χ0v) is 10.8. The molecule has 0 fully saturated rings. The summed E-state index contributed by atoms with van der Waals surface area (Å²) in [5.74, 6) is 0. The van der Waals surface area contributed by atoms with Crippen molar-refractivity contribution in [3.8, 4) is 10.6 Å². The molecular weight excluding hydrogens is 274 g/mol. The van der Waals surface area contributed by atoms with Crippen LogP contribution in [0.15, 0.2) is 15.9 Å². The van der Waals surface area contributed by atoms with E-state index < -0.39 is 0 Å². The molecule has 3 N–H and O–H groups in total. The molecule has 3 nitrogen and oxygen atoms in total. The molecule has 0 saturated heterocycles. The Morgan fingerprint density at radius 3 is 2.93 bits per heavy atom. The number of nitrogens with two attached hydrogens (primary N) is 1. The van der Waals surface area contributed by atoms with Gasteiger partial charge in [0.05, 0.1) is 8.66 Å². The van der Waals surface area contributed by atoms with Gasteiger partial charge >= 0.3 is 0 Å². The van der Waals surface area contributed by atoms with E-state index in [4.69, 9.17) is 5.73 Å². The molecule has 0 saturated carbocycles. The van der Waals surface area contributed by atoms with Gasteiger partial charge in [-0.25, -0.2) is 0 Å². The third-order valence-electron chi connectivity index (χ3n) is 2.27. The van der Waals surface area contributed by atoms with E-state index in [1.807, 2.05) is 13.0 Å². The molecule has 0 aliphatic carbocycles. The molecule has 0 bridgehead atoms. The lowest BCUT2D eigenvalue weighted by molar-refractivity contribution is 0.957. The summed E-state index contributed by atoms with van der Waals surface area (Å²) in [4.78, 5) is 1.18. The number of nitrogens with zero attached hydrogens (tertiary/aromatic N) is 1. The second-order valence-electron chi connectivity index (χ2n) is 3.32. The van der Waals surface area contributed by atoms with Crippen molar-refractivity contribution < 1.29 is 0 Å². The van der Waals surface area contributed by atoms with Gasteiger partial charge in [-0.2, -0.15) is 5.10 Å². The summed E-state index contributed by atoms with van der Waals surface area (Å²) in [5.41, 5.74) is 8.97. The quantitative estimate of drug-likeness (QED) is 0.911. The second kappa shape index (κ2) is 4.47. The maximum Gasteiger partial charge on any atom is 0.106 e. The van der Waals surface area contributed by atoms with Crippen LogP contribution in [-0.2, 0) is 6.42 Å². The van der Waals surface area contributed by atoms with E-state index in [-0.39, 0.29) is 0 Å². The molecule has 0 spiro atoms. The van der Waals surface area contributed by atoms with Crippen molar-refractivity contribution >= 4 is 27.3 Å². The van der Waals surface area contributed by atoms with Crippen LogP contribution >= 0.6 is 27.3 Å². The maximum absolute atomic E-state index is 5.59. The van der Waals surface area contributed by atoms with Crippen LogP contribution in [0.25, 0.3) is 10.6 Å². The first-order valence-electron chi connectivity index (χ1n) is 4.72. The average Bonchev–Trinajstić information content (AvgIpc) is 2.76. The number of nitrogens with one attached hydrogen (secondary N) is 1. The van der Waals surface area contributed by atoms with E-state index in [0.29, 0.717) is 6.54 Å². The molecular formula is C10H12BrN3S. The topological polar surface area (TPSA) is 54.7 Å². The third kappa shape index (κ3) is 2.14. The van der Waals surface area contributed by atoms with Gasteiger partial charge in [0.1, 0.15) is 5.69 Å². The lowest BCUT2D eigenvalue weighted by Crippen LogP contribution is -2.03. The van der Waals surface area contributed by atoms with E-state index in [1.54, 1.807) is 11.3 Å². The third-order valence-corrected chi connectivity index (χ3v) is 3.91. The number of rotatable bonds is 3. The summed E-state index contributed by atoms with van der Waals surface area (Å²) >= 11 is 5.14. The molecule has 0 aliphatic rings. The fraction of sp³-hybridized carbons (Fsp3) is 0.300. The molecule has 2 aromatic heterocycles. The molecule has 5 heteroatoms. The fourth-order valence-electron chi connectivity index (χ4n) is 1.55.